The molecule has 1 unspecified atom stereocenters. The van der Waals surface area contributed by atoms with Crippen molar-refractivity contribution in [1.82, 2.24) is 10.6 Å². The molecule has 1 amide bonds. The molecule has 162 valence electrons. The number of hydrogen-bond donors (Lipinski definition) is 2. The standard InChI is InChI=1S/C22H34N2O5/c1-20(2,3)24-19(26)21(10-12-22(13-11-21)28-14-15-29-22)23-17(18(25)27-4)16-8-6-5-7-9-16/h5-8,16-17,23H,9-15H2,1-4H3,(H,24,26)/t16?,17-/m0/s1. The van der Waals surface area contributed by atoms with E-state index in [9.17, 15) is 9.59 Å². The van der Waals surface area contributed by atoms with Crippen molar-refractivity contribution >= 4 is 11.9 Å². The monoisotopic (exact) mass is 406 g/mol. The Morgan fingerprint density at radius 1 is 1.10 bits per heavy atom. The Balaban J connectivity index is 1.85. The number of ether oxygens (including phenoxy) is 3. The van der Waals surface area contributed by atoms with Crippen LogP contribution >= 0.6 is 0 Å². The van der Waals surface area contributed by atoms with Gasteiger partial charge in [0, 0.05) is 24.3 Å². The van der Waals surface area contributed by atoms with Gasteiger partial charge in [-0.3, -0.25) is 14.9 Å². The zero-order chi connectivity index (χ0) is 21.1. The maximum absolute atomic E-state index is 13.4. The van der Waals surface area contributed by atoms with Crippen LogP contribution in [-0.4, -0.2) is 55.1 Å². The Bertz CT molecular complexity index is 663. The summed E-state index contributed by atoms with van der Waals surface area (Å²) < 4.78 is 16.8. The van der Waals surface area contributed by atoms with Crippen LogP contribution < -0.4 is 10.6 Å². The lowest BCUT2D eigenvalue weighted by atomic mass is 9.76. The van der Waals surface area contributed by atoms with Crippen molar-refractivity contribution in [1.29, 1.82) is 0 Å². The molecular formula is C22H34N2O5. The van der Waals surface area contributed by atoms with E-state index in [-0.39, 0.29) is 23.3 Å². The lowest BCUT2D eigenvalue weighted by Crippen LogP contribution is -2.67. The van der Waals surface area contributed by atoms with Gasteiger partial charge in [0.1, 0.15) is 6.04 Å². The zero-order valence-corrected chi connectivity index (χ0v) is 18.0. The van der Waals surface area contributed by atoms with Crippen LogP contribution in [0.5, 0.6) is 0 Å². The van der Waals surface area contributed by atoms with Crippen LogP contribution in [0.4, 0.5) is 0 Å². The van der Waals surface area contributed by atoms with Gasteiger partial charge in [0.2, 0.25) is 5.91 Å². The van der Waals surface area contributed by atoms with Gasteiger partial charge in [-0.05, 0) is 40.0 Å². The Hall–Kier alpha value is -1.70. The van der Waals surface area contributed by atoms with Crippen molar-refractivity contribution in [3.8, 4) is 0 Å². The summed E-state index contributed by atoms with van der Waals surface area (Å²) in [5.74, 6) is -1.11. The minimum Gasteiger partial charge on any atom is -0.468 e. The quantitative estimate of drug-likeness (QED) is 0.681. The molecule has 0 radical (unpaired) electrons. The Labute approximate surface area is 173 Å². The van der Waals surface area contributed by atoms with E-state index in [1.54, 1.807) is 0 Å². The number of hydrogen-bond acceptors (Lipinski definition) is 6. The molecule has 1 saturated carbocycles. The molecule has 3 rings (SSSR count). The highest BCUT2D eigenvalue weighted by Gasteiger charge is 2.52. The number of esters is 1. The van der Waals surface area contributed by atoms with Crippen molar-refractivity contribution < 1.29 is 23.8 Å². The molecule has 29 heavy (non-hydrogen) atoms. The van der Waals surface area contributed by atoms with Crippen molar-refractivity contribution in [2.24, 2.45) is 5.92 Å². The van der Waals surface area contributed by atoms with E-state index in [4.69, 9.17) is 14.2 Å². The summed E-state index contributed by atoms with van der Waals surface area (Å²) in [4.78, 5) is 26.1. The van der Waals surface area contributed by atoms with Gasteiger partial charge in [0.05, 0.1) is 25.9 Å². The fraction of sp³-hybridized carbons (Fsp3) is 0.727. The van der Waals surface area contributed by atoms with Gasteiger partial charge in [0.15, 0.2) is 5.79 Å². The predicted octanol–water partition coefficient (Wildman–Crippen LogP) is 2.22. The molecule has 0 bridgehead atoms. The molecule has 2 fully saturated rings. The highest BCUT2D eigenvalue weighted by atomic mass is 16.7. The third-order valence-electron chi connectivity index (χ3n) is 5.93. The van der Waals surface area contributed by atoms with Crippen LogP contribution in [-0.2, 0) is 23.8 Å². The summed E-state index contributed by atoms with van der Waals surface area (Å²) in [6, 6.07) is -0.605. The topological polar surface area (TPSA) is 85.9 Å². The van der Waals surface area contributed by atoms with Gasteiger partial charge in [-0.25, -0.2) is 0 Å². The average Bonchev–Trinajstić information content (AvgIpc) is 3.15. The fourth-order valence-electron chi connectivity index (χ4n) is 4.35. The Morgan fingerprint density at radius 3 is 2.28 bits per heavy atom. The molecule has 7 heteroatoms. The molecule has 1 aliphatic heterocycles. The van der Waals surface area contributed by atoms with Crippen LogP contribution in [0.25, 0.3) is 0 Å². The Morgan fingerprint density at radius 2 is 1.76 bits per heavy atom. The third kappa shape index (κ3) is 5.08. The maximum atomic E-state index is 13.4. The summed E-state index contributed by atoms with van der Waals surface area (Å²) in [6.45, 7) is 7.03. The summed E-state index contributed by atoms with van der Waals surface area (Å²) in [5.41, 5.74) is -1.27. The fourth-order valence-corrected chi connectivity index (χ4v) is 4.35. The molecule has 2 N–H and O–H groups in total. The first kappa shape index (κ1) is 22.0. The van der Waals surface area contributed by atoms with Gasteiger partial charge in [-0.2, -0.15) is 0 Å². The van der Waals surface area contributed by atoms with E-state index in [1.807, 2.05) is 45.1 Å². The first-order valence-electron chi connectivity index (χ1n) is 10.5. The number of allylic oxidation sites excluding steroid dienone is 3. The first-order valence-corrected chi connectivity index (χ1v) is 10.5. The van der Waals surface area contributed by atoms with E-state index in [2.05, 4.69) is 10.6 Å². The van der Waals surface area contributed by atoms with Gasteiger partial charge < -0.3 is 19.5 Å². The smallest absolute Gasteiger partial charge is 0.323 e. The highest BCUT2D eigenvalue weighted by Crippen LogP contribution is 2.41. The number of nitrogens with one attached hydrogen (secondary N) is 2. The number of carbonyl (C=O) groups is 2. The molecule has 2 aliphatic carbocycles. The SMILES string of the molecule is COC(=O)[C@@H](NC1(C(=O)NC(C)(C)C)CCC2(CC1)OCCO2)C1C=CC=CC1. The third-order valence-corrected chi connectivity index (χ3v) is 5.93. The Kier molecular flexibility index (Phi) is 6.51. The second-order valence-electron chi connectivity index (χ2n) is 9.25. The normalized spacial score (nSPS) is 26.3. The number of amides is 1. The predicted molar refractivity (Wildman–Crippen MR) is 109 cm³/mol. The van der Waals surface area contributed by atoms with Gasteiger partial charge in [-0.1, -0.05) is 24.3 Å². The summed E-state index contributed by atoms with van der Waals surface area (Å²) >= 11 is 0. The molecule has 0 aromatic carbocycles. The van der Waals surface area contributed by atoms with E-state index in [0.717, 1.165) is 6.42 Å². The van der Waals surface area contributed by atoms with Crippen LogP contribution in [0, 0.1) is 5.92 Å². The number of rotatable bonds is 5. The van der Waals surface area contributed by atoms with E-state index >= 15 is 0 Å². The van der Waals surface area contributed by atoms with Crippen LogP contribution in [0.1, 0.15) is 52.9 Å². The molecule has 0 aromatic heterocycles. The van der Waals surface area contributed by atoms with Crippen molar-refractivity contribution in [2.45, 2.75) is 75.8 Å². The molecule has 3 aliphatic rings. The molecule has 0 aromatic rings. The first-order chi connectivity index (χ1) is 13.7. The maximum Gasteiger partial charge on any atom is 0.323 e. The molecule has 7 nitrogen and oxygen atoms in total. The summed E-state index contributed by atoms with van der Waals surface area (Å²) in [7, 11) is 1.39. The summed E-state index contributed by atoms with van der Waals surface area (Å²) in [6.07, 6.45) is 10.9. The number of methoxy groups -OCH3 is 1. The van der Waals surface area contributed by atoms with Gasteiger partial charge >= 0.3 is 5.97 Å². The lowest BCUT2D eigenvalue weighted by Gasteiger charge is -2.46. The van der Waals surface area contributed by atoms with E-state index < -0.39 is 17.4 Å². The number of carbonyl (C=O) groups excluding carboxylic acids is 2. The largest absolute Gasteiger partial charge is 0.468 e. The summed E-state index contributed by atoms with van der Waals surface area (Å²) in [5, 5.41) is 6.54. The highest BCUT2D eigenvalue weighted by molar-refractivity contribution is 5.88. The van der Waals surface area contributed by atoms with Crippen molar-refractivity contribution in [3.05, 3.63) is 24.3 Å². The van der Waals surface area contributed by atoms with Crippen LogP contribution in [0.3, 0.4) is 0 Å². The second-order valence-corrected chi connectivity index (χ2v) is 9.25. The minimum absolute atomic E-state index is 0.0679. The molecule has 1 spiro atoms. The van der Waals surface area contributed by atoms with E-state index in [0.29, 0.717) is 38.9 Å². The van der Waals surface area contributed by atoms with Gasteiger partial charge in [-0.15, -0.1) is 0 Å². The van der Waals surface area contributed by atoms with Gasteiger partial charge in [0.25, 0.3) is 0 Å². The molecule has 1 heterocycles. The molecule has 1 saturated heterocycles. The zero-order valence-electron chi connectivity index (χ0n) is 18.0. The van der Waals surface area contributed by atoms with Crippen LogP contribution in [0.2, 0.25) is 0 Å². The molecular weight excluding hydrogens is 372 g/mol. The van der Waals surface area contributed by atoms with Crippen molar-refractivity contribution in [2.75, 3.05) is 20.3 Å². The lowest BCUT2D eigenvalue weighted by molar-refractivity contribution is -0.188. The van der Waals surface area contributed by atoms with E-state index in [1.165, 1.54) is 7.11 Å². The minimum atomic E-state index is -0.887. The molecule has 2 atom stereocenters. The van der Waals surface area contributed by atoms with Crippen LogP contribution in [0.15, 0.2) is 24.3 Å². The second kappa shape index (κ2) is 8.58. The average molecular weight is 407 g/mol. The van der Waals surface area contributed by atoms with Crippen molar-refractivity contribution in [3.63, 3.8) is 0 Å².